The molecule has 0 N–H and O–H groups in total. The van der Waals surface area contributed by atoms with Crippen LogP contribution in [0.4, 0.5) is 0 Å². The van der Waals surface area contributed by atoms with Crippen LogP contribution < -0.4 is 4.74 Å². The van der Waals surface area contributed by atoms with Gasteiger partial charge >= 0.3 is 0 Å². The maximum Gasteiger partial charge on any atom is 0.148 e. The predicted octanol–water partition coefficient (Wildman–Crippen LogP) is 3.37. The van der Waals surface area contributed by atoms with E-state index in [1.165, 1.54) is 6.92 Å². The van der Waals surface area contributed by atoms with E-state index < -0.39 is 4.83 Å². The molecule has 0 fully saturated rings. The summed E-state index contributed by atoms with van der Waals surface area (Å²) in [6.07, 6.45) is 0. The first kappa shape index (κ1) is 11.5. The van der Waals surface area contributed by atoms with E-state index in [1.807, 2.05) is 0 Å². The number of ether oxygens (including phenoxy) is 1. The second-order valence-electron chi connectivity index (χ2n) is 2.83. The van der Waals surface area contributed by atoms with Gasteiger partial charge in [-0.25, -0.2) is 0 Å². The van der Waals surface area contributed by atoms with E-state index in [0.717, 1.165) is 0 Å². The third-order valence-corrected chi connectivity index (χ3v) is 3.28. The fourth-order valence-electron chi connectivity index (χ4n) is 1.14. The molecule has 0 aliphatic carbocycles. The number of methoxy groups -OCH3 is 1. The van der Waals surface area contributed by atoms with Crippen molar-refractivity contribution in [3.05, 3.63) is 28.8 Å². The Balaban J connectivity index is 3.23. The first-order chi connectivity index (χ1) is 6.57. The number of halogens is 2. The van der Waals surface area contributed by atoms with Crippen molar-refractivity contribution in [3.8, 4) is 5.75 Å². The molecule has 14 heavy (non-hydrogen) atoms. The van der Waals surface area contributed by atoms with Gasteiger partial charge in [0.15, 0.2) is 0 Å². The summed E-state index contributed by atoms with van der Waals surface area (Å²) < 4.78 is 5.13. The molecule has 76 valence electrons. The van der Waals surface area contributed by atoms with E-state index in [4.69, 9.17) is 16.3 Å². The van der Waals surface area contributed by atoms with E-state index in [0.29, 0.717) is 16.3 Å². The number of hydrogen-bond acceptors (Lipinski definition) is 2. The zero-order chi connectivity index (χ0) is 10.7. The van der Waals surface area contributed by atoms with E-state index in [2.05, 4.69) is 15.9 Å². The van der Waals surface area contributed by atoms with Crippen molar-refractivity contribution >= 4 is 33.3 Å². The van der Waals surface area contributed by atoms with Crippen LogP contribution in [0.5, 0.6) is 5.75 Å². The van der Waals surface area contributed by atoms with Gasteiger partial charge in [0.05, 0.1) is 7.11 Å². The topological polar surface area (TPSA) is 26.3 Å². The lowest BCUT2D eigenvalue weighted by molar-refractivity contribution is -0.116. The van der Waals surface area contributed by atoms with Crippen LogP contribution in [0.25, 0.3) is 0 Å². The molecule has 1 aromatic rings. The molecule has 1 rings (SSSR count). The van der Waals surface area contributed by atoms with E-state index in [9.17, 15) is 4.79 Å². The van der Waals surface area contributed by atoms with Gasteiger partial charge in [-0.15, -0.1) is 0 Å². The van der Waals surface area contributed by atoms with E-state index >= 15 is 0 Å². The van der Waals surface area contributed by atoms with Crippen LogP contribution in [0, 0.1) is 0 Å². The lowest BCUT2D eigenvalue weighted by Crippen LogP contribution is -2.04. The highest BCUT2D eigenvalue weighted by atomic mass is 79.9. The van der Waals surface area contributed by atoms with Crippen LogP contribution in [0.3, 0.4) is 0 Å². The van der Waals surface area contributed by atoms with Gasteiger partial charge in [-0.1, -0.05) is 33.6 Å². The van der Waals surface area contributed by atoms with Crippen molar-refractivity contribution in [2.24, 2.45) is 0 Å². The lowest BCUT2D eigenvalue weighted by Gasteiger charge is -2.13. The summed E-state index contributed by atoms with van der Waals surface area (Å²) in [5.74, 6) is 0.617. The van der Waals surface area contributed by atoms with Crippen molar-refractivity contribution in [3.63, 3.8) is 0 Å². The number of rotatable bonds is 3. The molecule has 0 aromatic heterocycles. The monoisotopic (exact) mass is 276 g/mol. The third kappa shape index (κ3) is 2.28. The fourth-order valence-corrected chi connectivity index (χ4v) is 2.02. The molecule has 0 amide bonds. The number of carbonyl (C=O) groups is 1. The molecule has 0 aliphatic heterocycles. The van der Waals surface area contributed by atoms with Crippen molar-refractivity contribution in [2.45, 2.75) is 11.8 Å². The van der Waals surface area contributed by atoms with Crippen LogP contribution in [-0.4, -0.2) is 12.9 Å². The number of hydrogen-bond donors (Lipinski definition) is 0. The van der Waals surface area contributed by atoms with E-state index in [-0.39, 0.29) is 5.78 Å². The second-order valence-corrected chi connectivity index (χ2v) is 4.15. The number of alkyl halides is 1. The Morgan fingerprint density at radius 3 is 2.71 bits per heavy atom. The molecular weight excluding hydrogens is 267 g/mol. The van der Waals surface area contributed by atoms with E-state index in [1.54, 1.807) is 25.3 Å². The molecule has 1 unspecified atom stereocenters. The summed E-state index contributed by atoms with van der Waals surface area (Å²) in [6, 6.07) is 5.29. The summed E-state index contributed by atoms with van der Waals surface area (Å²) in [6.45, 7) is 1.50. The maximum absolute atomic E-state index is 11.2. The average molecular weight is 278 g/mol. The second kappa shape index (κ2) is 4.80. The molecule has 0 bridgehead atoms. The Morgan fingerprint density at radius 2 is 2.21 bits per heavy atom. The van der Waals surface area contributed by atoms with Gasteiger partial charge in [0.2, 0.25) is 0 Å². The zero-order valence-electron chi connectivity index (χ0n) is 7.88. The molecule has 2 nitrogen and oxygen atoms in total. The van der Waals surface area contributed by atoms with Gasteiger partial charge in [0.1, 0.15) is 16.4 Å². The highest BCUT2D eigenvalue weighted by molar-refractivity contribution is 9.09. The summed E-state index contributed by atoms with van der Waals surface area (Å²) in [5, 5.41) is 0.529. The summed E-state index contributed by atoms with van der Waals surface area (Å²) in [5.41, 5.74) is 0.684. The average Bonchev–Trinajstić information content (AvgIpc) is 2.16. The maximum atomic E-state index is 11.2. The van der Waals surface area contributed by atoms with Crippen LogP contribution in [0.15, 0.2) is 18.2 Å². The Hall–Kier alpha value is -0.540. The van der Waals surface area contributed by atoms with Crippen molar-refractivity contribution in [2.75, 3.05) is 7.11 Å². The largest absolute Gasteiger partial charge is 0.496 e. The van der Waals surface area contributed by atoms with Crippen LogP contribution in [0.2, 0.25) is 5.02 Å². The third-order valence-electron chi connectivity index (χ3n) is 1.84. The summed E-state index contributed by atoms with van der Waals surface area (Å²) in [4.78, 5) is 10.8. The Kier molecular flexibility index (Phi) is 3.96. The highest BCUT2D eigenvalue weighted by Crippen LogP contribution is 2.37. The van der Waals surface area contributed by atoms with Crippen molar-refractivity contribution < 1.29 is 9.53 Å². The first-order valence-electron chi connectivity index (χ1n) is 4.05. The molecule has 1 atom stereocenters. The Labute approximate surface area is 96.3 Å². The number of ketones is 1. The molecule has 0 aliphatic rings. The number of carbonyl (C=O) groups excluding carboxylic acids is 1. The normalized spacial score (nSPS) is 12.3. The Morgan fingerprint density at radius 1 is 1.57 bits per heavy atom. The summed E-state index contributed by atoms with van der Waals surface area (Å²) in [7, 11) is 1.55. The smallest absolute Gasteiger partial charge is 0.148 e. The number of Topliss-reactive ketones (excluding diaryl/α,β-unsaturated/α-hetero) is 1. The first-order valence-corrected chi connectivity index (χ1v) is 5.34. The van der Waals surface area contributed by atoms with Gasteiger partial charge in [-0.3, -0.25) is 4.79 Å². The SMILES string of the molecule is COc1cccc(Cl)c1C(Br)C(C)=O. The van der Waals surface area contributed by atoms with Crippen LogP contribution in [-0.2, 0) is 4.79 Å². The molecule has 1 aromatic carbocycles. The molecule has 0 saturated heterocycles. The molecule has 0 spiro atoms. The van der Waals surface area contributed by atoms with Gasteiger partial charge in [0, 0.05) is 10.6 Å². The molecule has 0 heterocycles. The minimum Gasteiger partial charge on any atom is -0.496 e. The molecule has 4 heteroatoms. The minimum absolute atomic E-state index is 0.00333. The van der Waals surface area contributed by atoms with Crippen molar-refractivity contribution in [1.82, 2.24) is 0 Å². The summed E-state index contributed by atoms with van der Waals surface area (Å²) >= 11 is 9.26. The molecule has 0 saturated carbocycles. The van der Waals surface area contributed by atoms with Crippen LogP contribution >= 0.6 is 27.5 Å². The van der Waals surface area contributed by atoms with Gasteiger partial charge < -0.3 is 4.74 Å². The fraction of sp³-hybridized carbons (Fsp3) is 0.300. The predicted molar refractivity (Wildman–Crippen MR) is 60.4 cm³/mol. The van der Waals surface area contributed by atoms with Gasteiger partial charge in [0.25, 0.3) is 0 Å². The Bertz CT molecular complexity index is 352. The standard InChI is InChI=1S/C10H10BrClO2/c1-6(13)10(11)9-7(12)4-3-5-8(9)14-2/h3-5,10H,1-2H3. The minimum atomic E-state index is -0.411. The molecule has 0 radical (unpaired) electrons. The quantitative estimate of drug-likeness (QED) is 0.792. The number of benzene rings is 1. The zero-order valence-corrected chi connectivity index (χ0v) is 10.2. The van der Waals surface area contributed by atoms with Crippen LogP contribution in [0.1, 0.15) is 17.3 Å². The highest BCUT2D eigenvalue weighted by Gasteiger charge is 2.20. The van der Waals surface area contributed by atoms with Crippen molar-refractivity contribution in [1.29, 1.82) is 0 Å². The lowest BCUT2D eigenvalue weighted by atomic mass is 10.1. The van der Waals surface area contributed by atoms with Gasteiger partial charge in [-0.05, 0) is 19.1 Å². The van der Waals surface area contributed by atoms with Gasteiger partial charge in [-0.2, -0.15) is 0 Å². The molecular formula is C10H10BrClO2.